The maximum absolute atomic E-state index is 5.79. The minimum absolute atomic E-state index is 0.139. The van der Waals surface area contributed by atoms with E-state index in [0.29, 0.717) is 6.61 Å². The standard InChI is InChI=1S/C10H22O2/c1-7-10(6,11-8-2)12-9(3,4)5/h7-8H2,1-6H3. The van der Waals surface area contributed by atoms with Gasteiger partial charge >= 0.3 is 0 Å². The molecule has 0 aliphatic carbocycles. The summed E-state index contributed by atoms with van der Waals surface area (Å²) in [7, 11) is 0. The summed E-state index contributed by atoms with van der Waals surface area (Å²) in [5.74, 6) is -0.424. The molecule has 0 N–H and O–H groups in total. The van der Waals surface area contributed by atoms with Gasteiger partial charge in [-0.3, -0.25) is 0 Å². The molecule has 12 heavy (non-hydrogen) atoms. The predicted octanol–water partition coefficient (Wildman–Crippen LogP) is 2.96. The second kappa shape index (κ2) is 4.24. The van der Waals surface area contributed by atoms with E-state index in [9.17, 15) is 0 Å². The maximum Gasteiger partial charge on any atom is 0.165 e. The van der Waals surface area contributed by atoms with Gasteiger partial charge < -0.3 is 9.47 Å². The molecule has 0 aliphatic rings. The second-order valence-electron chi connectivity index (χ2n) is 4.13. The highest BCUT2D eigenvalue weighted by Crippen LogP contribution is 2.24. The summed E-state index contributed by atoms with van der Waals surface area (Å²) in [6.45, 7) is 12.9. The fourth-order valence-corrected chi connectivity index (χ4v) is 1.16. The van der Waals surface area contributed by atoms with Crippen molar-refractivity contribution in [3.63, 3.8) is 0 Å². The zero-order valence-corrected chi connectivity index (χ0v) is 9.23. The summed E-state index contributed by atoms with van der Waals surface area (Å²) in [6.07, 6.45) is 0.873. The summed E-state index contributed by atoms with van der Waals surface area (Å²) in [5, 5.41) is 0. The van der Waals surface area contributed by atoms with Gasteiger partial charge in [0.1, 0.15) is 0 Å². The minimum atomic E-state index is -0.424. The molecule has 0 saturated carbocycles. The molecule has 2 heteroatoms. The Balaban J connectivity index is 4.14. The van der Waals surface area contributed by atoms with Crippen LogP contribution in [0.15, 0.2) is 0 Å². The Kier molecular flexibility index (Phi) is 4.21. The van der Waals surface area contributed by atoms with Crippen molar-refractivity contribution in [2.24, 2.45) is 0 Å². The van der Waals surface area contributed by atoms with Gasteiger partial charge in [-0.05, 0) is 41.0 Å². The normalized spacial score (nSPS) is 17.5. The largest absolute Gasteiger partial charge is 0.351 e. The van der Waals surface area contributed by atoms with Crippen molar-refractivity contribution in [1.82, 2.24) is 0 Å². The van der Waals surface area contributed by atoms with Crippen LogP contribution in [0.4, 0.5) is 0 Å². The van der Waals surface area contributed by atoms with Gasteiger partial charge in [0.2, 0.25) is 0 Å². The third-order valence-corrected chi connectivity index (χ3v) is 1.61. The van der Waals surface area contributed by atoms with Crippen LogP contribution in [-0.4, -0.2) is 18.0 Å². The molecular formula is C10H22O2. The van der Waals surface area contributed by atoms with Gasteiger partial charge in [0, 0.05) is 6.61 Å². The van der Waals surface area contributed by atoms with E-state index < -0.39 is 5.79 Å². The van der Waals surface area contributed by atoms with Crippen LogP contribution in [-0.2, 0) is 9.47 Å². The van der Waals surface area contributed by atoms with Crippen LogP contribution < -0.4 is 0 Å². The minimum Gasteiger partial charge on any atom is -0.351 e. The number of ether oxygens (including phenoxy) is 2. The van der Waals surface area contributed by atoms with Crippen molar-refractivity contribution >= 4 is 0 Å². The van der Waals surface area contributed by atoms with E-state index in [2.05, 4.69) is 6.92 Å². The van der Waals surface area contributed by atoms with Gasteiger partial charge in [-0.2, -0.15) is 0 Å². The topological polar surface area (TPSA) is 18.5 Å². The van der Waals surface area contributed by atoms with Crippen LogP contribution in [0.1, 0.15) is 48.0 Å². The first kappa shape index (κ1) is 11.9. The van der Waals surface area contributed by atoms with Crippen molar-refractivity contribution in [3.05, 3.63) is 0 Å². The van der Waals surface area contributed by atoms with Gasteiger partial charge in [-0.25, -0.2) is 0 Å². The zero-order chi connectivity index (χ0) is 9.83. The molecule has 0 spiro atoms. The molecule has 0 heterocycles. The summed E-state index contributed by atoms with van der Waals surface area (Å²) < 4.78 is 11.3. The molecule has 0 aliphatic heterocycles. The van der Waals surface area contributed by atoms with E-state index >= 15 is 0 Å². The van der Waals surface area contributed by atoms with Crippen LogP contribution in [0.25, 0.3) is 0 Å². The zero-order valence-electron chi connectivity index (χ0n) is 9.23. The third kappa shape index (κ3) is 4.73. The van der Waals surface area contributed by atoms with Crippen LogP contribution in [0.3, 0.4) is 0 Å². The van der Waals surface area contributed by atoms with Gasteiger partial charge in [0.25, 0.3) is 0 Å². The molecule has 0 bridgehead atoms. The van der Waals surface area contributed by atoms with E-state index in [1.54, 1.807) is 0 Å². The fourth-order valence-electron chi connectivity index (χ4n) is 1.16. The molecule has 2 nitrogen and oxygen atoms in total. The van der Waals surface area contributed by atoms with Crippen LogP contribution in [0.5, 0.6) is 0 Å². The fraction of sp³-hybridized carbons (Fsp3) is 1.00. The van der Waals surface area contributed by atoms with E-state index in [-0.39, 0.29) is 5.60 Å². The van der Waals surface area contributed by atoms with E-state index in [4.69, 9.17) is 9.47 Å². The van der Waals surface area contributed by atoms with E-state index in [1.165, 1.54) is 0 Å². The van der Waals surface area contributed by atoms with Gasteiger partial charge in [-0.15, -0.1) is 0 Å². The average molecular weight is 174 g/mol. The number of hydrogen-bond acceptors (Lipinski definition) is 2. The maximum atomic E-state index is 5.79. The van der Waals surface area contributed by atoms with Gasteiger partial charge in [0.15, 0.2) is 5.79 Å². The molecule has 0 saturated heterocycles. The van der Waals surface area contributed by atoms with Crippen molar-refractivity contribution in [2.45, 2.75) is 59.4 Å². The van der Waals surface area contributed by atoms with Gasteiger partial charge in [0.05, 0.1) is 5.60 Å². The molecule has 1 unspecified atom stereocenters. The van der Waals surface area contributed by atoms with Crippen LogP contribution in [0, 0.1) is 0 Å². The quantitative estimate of drug-likeness (QED) is 0.610. The lowest BCUT2D eigenvalue weighted by Crippen LogP contribution is -2.39. The monoisotopic (exact) mass is 174 g/mol. The van der Waals surface area contributed by atoms with Crippen molar-refractivity contribution in [3.8, 4) is 0 Å². The van der Waals surface area contributed by atoms with E-state index in [1.807, 2.05) is 34.6 Å². The Labute approximate surface area is 76.3 Å². The highest BCUT2D eigenvalue weighted by atomic mass is 16.7. The average Bonchev–Trinajstić information content (AvgIpc) is 1.84. The lowest BCUT2D eigenvalue weighted by atomic mass is 10.1. The van der Waals surface area contributed by atoms with Gasteiger partial charge in [-0.1, -0.05) is 6.92 Å². The second-order valence-corrected chi connectivity index (χ2v) is 4.13. The van der Waals surface area contributed by atoms with E-state index in [0.717, 1.165) is 6.42 Å². The SMILES string of the molecule is CCOC(C)(CC)OC(C)(C)C. The highest BCUT2D eigenvalue weighted by molar-refractivity contribution is 4.68. The molecule has 1 atom stereocenters. The predicted molar refractivity (Wildman–Crippen MR) is 51.2 cm³/mol. The summed E-state index contributed by atoms with van der Waals surface area (Å²) >= 11 is 0. The first-order valence-corrected chi connectivity index (χ1v) is 4.67. The number of hydrogen-bond donors (Lipinski definition) is 0. The Morgan fingerprint density at radius 2 is 1.50 bits per heavy atom. The van der Waals surface area contributed by atoms with Crippen molar-refractivity contribution in [2.75, 3.05) is 6.61 Å². The van der Waals surface area contributed by atoms with Crippen LogP contribution in [0.2, 0.25) is 0 Å². The molecule has 0 fully saturated rings. The Morgan fingerprint density at radius 3 is 1.75 bits per heavy atom. The van der Waals surface area contributed by atoms with Crippen LogP contribution >= 0.6 is 0 Å². The van der Waals surface area contributed by atoms with Crippen molar-refractivity contribution < 1.29 is 9.47 Å². The molecule has 0 aromatic carbocycles. The Hall–Kier alpha value is -0.0800. The summed E-state index contributed by atoms with van der Waals surface area (Å²) in [4.78, 5) is 0. The molecular weight excluding hydrogens is 152 g/mol. The summed E-state index contributed by atoms with van der Waals surface area (Å²) in [6, 6.07) is 0. The Morgan fingerprint density at radius 1 is 1.00 bits per heavy atom. The third-order valence-electron chi connectivity index (χ3n) is 1.61. The van der Waals surface area contributed by atoms with Crippen molar-refractivity contribution in [1.29, 1.82) is 0 Å². The molecule has 0 aromatic heterocycles. The molecule has 0 rings (SSSR count). The first-order valence-electron chi connectivity index (χ1n) is 4.67. The highest BCUT2D eigenvalue weighted by Gasteiger charge is 2.28. The summed E-state index contributed by atoms with van der Waals surface area (Å²) in [5.41, 5.74) is -0.139. The molecule has 0 aromatic rings. The molecule has 74 valence electrons. The molecule has 0 amide bonds. The number of rotatable bonds is 4. The lowest BCUT2D eigenvalue weighted by Gasteiger charge is -2.35. The lowest BCUT2D eigenvalue weighted by molar-refractivity contribution is -0.267. The Bertz CT molecular complexity index is 126. The smallest absolute Gasteiger partial charge is 0.165 e. The first-order chi connectivity index (χ1) is 5.33. The molecule has 0 radical (unpaired) electrons.